The van der Waals surface area contributed by atoms with Crippen LogP contribution in [0.2, 0.25) is 0 Å². The molecular weight excluding hydrogens is 1100 g/mol. The second-order valence-electron chi connectivity index (χ2n) is 26.9. The fraction of sp³-hybridized carbons (Fsp3) is 0.968. The summed E-state index contributed by atoms with van der Waals surface area (Å²) in [6, 6.07) is 0. The average Bonchev–Trinajstić information content (AvgIpc) is 1.41. The van der Waals surface area contributed by atoms with Crippen LogP contribution in [-0.4, -0.2) is 213 Å². The zero-order valence-electron chi connectivity index (χ0n) is 52.6. The first-order chi connectivity index (χ1) is 39.7. The second kappa shape index (κ2) is 27.0. The van der Waals surface area contributed by atoms with Gasteiger partial charge in [-0.15, -0.1) is 0 Å². The Morgan fingerprint density at radius 1 is 0.560 bits per heavy atom. The summed E-state index contributed by atoms with van der Waals surface area (Å²) in [6.45, 7) is 20.3. The maximum atomic E-state index is 13.1. The third kappa shape index (κ3) is 12.8. The molecule has 22 nitrogen and oxygen atoms in total. The molecule has 9 rings (SSSR count). The number of ether oxygens (including phenoxy) is 16. The Labute approximate surface area is 497 Å². The molecular formula is C62H104O22. The van der Waals surface area contributed by atoms with Crippen LogP contribution < -0.4 is 0 Å². The minimum atomic E-state index is -1.63. The first-order valence-corrected chi connectivity index (χ1v) is 31.6. The minimum Gasteiger partial charge on any atom is -0.462 e. The summed E-state index contributed by atoms with van der Waals surface area (Å²) >= 11 is 0. The average molecular weight is 1200 g/mol. The van der Waals surface area contributed by atoms with Gasteiger partial charge in [-0.05, 0) is 122 Å². The van der Waals surface area contributed by atoms with Crippen molar-refractivity contribution in [1.29, 1.82) is 0 Å². The van der Waals surface area contributed by atoms with Crippen LogP contribution in [0.5, 0.6) is 0 Å². The van der Waals surface area contributed by atoms with Crippen LogP contribution in [0.4, 0.5) is 0 Å². The SMILES string of the molecule is CCC(C)C(=O)OC(C)C1(O)CCC2(O)C3CCC4CC(OC5CC(O)C(OC6CC(OC)C(OC7CC(OC)C(OC8CC(OC)C(OC9CC(OC)C(O)C(C)O9)C(C)O8)C(C)O7)C(C)O6)C(C)O5)CCC4(C)C3CC(OC(C)=O)C12C. The highest BCUT2D eigenvalue weighted by atomic mass is 16.8. The van der Waals surface area contributed by atoms with E-state index in [0.717, 1.165) is 32.1 Å². The predicted molar refractivity (Wildman–Crippen MR) is 298 cm³/mol. The summed E-state index contributed by atoms with van der Waals surface area (Å²) in [5.41, 5.74) is -4.50. The van der Waals surface area contributed by atoms with Crippen molar-refractivity contribution < 1.29 is 106 Å². The van der Waals surface area contributed by atoms with E-state index in [-0.39, 0.29) is 54.1 Å². The molecule has 84 heavy (non-hydrogen) atoms. The van der Waals surface area contributed by atoms with E-state index in [9.17, 15) is 30.0 Å². The molecule has 9 aliphatic rings. The van der Waals surface area contributed by atoms with Crippen LogP contribution in [0.15, 0.2) is 0 Å². The van der Waals surface area contributed by atoms with Crippen molar-refractivity contribution in [3.8, 4) is 0 Å². The standard InChI is InChI=1S/C62H104O22/c1-16-30(2)58(66)78-36(8)61(67)21-22-62(68)40-18-17-38-23-39(19-20-59(38,10)41(40)24-47(60(61,62)11)79-37(9)63)80-48-25-42(64)54(32(4)74-48)81-50-27-44(70-13)56(33(5)75-50)83-52-29-46(72-15)57(35(7)77-52)84-51-28-45(71-14)55(34(6)76-51)82-49-26-43(69-12)53(65)31(3)73-49/h30-36,38-57,64-65,67-68H,16-29H2,1-15H3. The summed E-state index contributed by atoms with van der Waals surface area (Å²) in [4.78, 5) is 25.9. The van der Waals surface area contributed by atoms with Crippen molar-refractivity contribution in [2.45, 2.75) is 319 Å². The number of fused-ring (bicyclic) bond motifs is 5. The number of methoxy groups -OCH3 is 4. The number of carbonyl (C=O) groups is 2. The molecule has 5 heterocycles. The normalized spacial score (nSPS) is 50.5. The molecule has 4 saturated carbocycles. The van der Waals surface area contributed by atoms with E-state index in [1.54, 1.807) is 49.2 Å². The first-order valence-electron chi connectivity index (χ1n) is 31.6. The van der Waals surface area contributed by atoms with Crippen molar-refractivity contribution in [3.63, 3.8) is 0 Å². The van der Waals surface area contributed by atoms with Gasteiger partial charge >= 0.3 is 11.9 Å². The smallest absolute Gasteiger partial charge is 0.309 e. The number of hydrogen-bond donors (Lipinski definition) is 4. The number of aliphatic hydroxyl groups is 4. The predicted octanol–water partition coefficient (Wildman–Crippen LogP) is 5.78. The van der Waals surface area contributed by atoms with Gasteiger partial charge in [-0.25, -0.2) is 0 Å². The zero-order chi connectivity index (χ0) is 61.0. The van der Waals surface area contributed by atoms with Gasteiger partial charge in [0.05, 0.1) is 84.1 Å². The molecule has 9 fully saturated rings. The molecule has 31 atom stereocenters. The highest BCUT2D eigenvalue weighted by molar-refractivity contribution is 5.72. The Balaban J connectivity index is 0.748. The van der Waals surface area contributed by atoms with Gasteiger partial charge in [0.25, 0.3) is 0 Å². The number of hydrogen-bond acceptors (Lipinski definition) is 22. The molecule has 5 saturated heterocycles. The topological polar surface area (TPSA) is 263 Å². The van der Waals surface area contributed by atoms with Gasteiger partial charge in [-0.2, -0.15) is 0 Å². The van der Waals surface area contributed by atoms with Crippen LogP contribution in [-0.2, 0) is 85.4 Å². The van der Waals surface area contributed by atoms with E-state index in [1.807, 2.05) is 41.5 Å². The van der Waals surface area contributed by atoms with Crippen LogP contribution in [0, 0.1) is 34.5 Å². The Bertz CT molecular complexity index is 2170. The Kier molecular flexibility index (Phi) is 21.4. The molecule has 0 radical (unpaired) electrons. The lowest BCUT2D eigenvalue weighted by Gasteiger charge is -2.66. The monoisotopic (exact) mass is 1200 g/mol. The van der Waals surface area contributed by atoms with Crippen LogP contribution in [0.25, 0.3) is 0 Å². The van der Waals surface area contributed by atoms with Gasteiger partial charge in [-0.3, -0.25) is 9.59 Å². The summed E-state index contributed by atoms with van der Waals surface area (Å²) in [6.07, 6.45) is -5.93. The molecule has 0 amide bonds. The van der Waals surface area contributed by atoms with Gasteiger partial charge < -0.3 is 96.2 Å². The van der Waals surface area contributed by atoms with E-state index in [2.05, 4.69) is 6.92 Å². The molecule has 5 aliphatic heterocycles. The van der Waals surface area contributed by atoms with Crippen molar-refractivity contribution >= 4 is 11.9 Å². The molecule has 0 aromatic carbocycles. The third-order valence-electron chi connectivity index (χ3n) is 22.3. The summed E-state index contributed by atoms with van der Waals surface area (Å²) in [5, 5.41) is 47.9. The molecule has 4 aliphatic carbocycles. The summed E-state index contributed by atoms with van der Waals surface area (Å²) in [5.74, 6) is -1.14. The lowest BCUT2D eigenvalue weighted by molar-refractivity contribution is -0.351. The van der Waals surface area contributed by atoms with Crippen LogP contribution >= 0.6 is 0 Å². The number of esters is 2. The van der Waals surface area contributed by atoms with E-state index >= 15 is 0 Å². The molecule has 0 spiro atoms. The Morgan fingerprint density at radius 2 is 1.02 bits per heavy atom. The van der Waals surface area contributed by atoms with Crippen molar-refractivity contribution in [3.05, 3.63) is 0 Å². The van der Waals surface area contributed by atoms with Crippen molar-refractivity contribution in [1.82, 2.24) is 0 Å². The van der Waals surface area contributed by atoms with Gasteiger partial charge in [0.2, 0.25) is 0 Å². The zero-order valence-corrected chi connectivity index (χ0v) is 52.6. The minimum absolute atomic E-state index is 0.000515. The maximum absolute atomic E-state index is 13.1. The Hall–Kier alpha value is -1.78. The highest BCUT2D eigenvalue weighted by Gasteiger charge is 2.77. The van der Waals surface area contributed by atoms with Crippen molar-refractivity contribution in [2.24, 2.45) is 34.5 Å². The molecule has 0 aromatic heterocycles. The quantitative estimate of drug-likeness (QED) is 0.0883. The largest absolute Gasteiger partial charge is 0.462 e. The lowest BCUT2D eigenvalue weighted by atomic mass is 9.42. The van der Waals surface area contributed by atoms with Gasteiger partial charge in [0, 0.05) is 67.5 Å². The van der Waals surface area contributed by atoms with Crippen LogP contribution in [0.1, 0.15) is 166 Å². The van der Waals surface area contributed by atoms with Gasteiger partial charge in [-0.1, -0.05) is 27.7 Å². The molecule has 22 heteroatoms. The molecule has 4 N–H and O–H groups in total. The molecule has 31 unspecified atom stereocenters. The van der Waals surface area contributed by atoms with E-state index in [1.165, 1.54) is 6.92 Å². The van der Waals surface area contributed by atoms with E-state index < -0.39 is 158 Å². The Morgan fingerprint density at radius 3 is 1.50 bits per heavy atom. The van der Waals surface area contributed by atoms with Gasteiger partial charge in [0.15, 0.2) is 31.5 Å². The fourth-order valence-electron chi connectivity index (χ4n) is 17.0. The number of aliphatic hydroxyl groups excluding tert-OH is 2. The second-order valence-corrected chi connectivity index (χ2v) is 26.9. The number of rotatable bonds is 19. The van der Waals surface area contributed by atoms with Crippen molar-refractivity contribution in [2.75, 3.05) is 28.4 Å². The fourth-order valence-corrected chi connectivity index (χ4v) is 17.0. The lowest BCUT2D eigenvalue weighted by Crippen LogP contribution is -2.72. The van der Waals surface area contributed by atoms with E-state index in [0.29, 0.717) is 44.9 Å². The van der Waals surface area contributed by atoms with Crippen LogP contribution in [0.3, 0.4) is 0 Å². The van der Waals surface area contributed by atoms with E-state index in [4.69, 9.17) is 75.8 Å². The summed E-state index contributed by atoms with van der Waals surface area (Å²) < 4.78 is 100. The maximum Gasteiger partial charge on any atom is 0.309 e. The molecule has 0 bridgehead atoms. The molecule has 0 aromatic rings. The first kappa shape index (κ1) is 66.6. The summed E-state index contributed by atoms with van der Waals surface area (Å²) in [7, 11) is 6.46. The number of carbonyl (C=O) groups excluding carboxylic acids is 2. The highest BCUT2D eigenvalue weighted by Crippen LogP contribution is 2.71. The third-order valence-corrected chi connectivity index (χ3v) is 22.3. The molecule has 484 valence electrons. The van der Waals surface area contributed by atoms with Gasteiger partial charge in [0.1, 0.15) is 48.3 Å².